The van der Waals surface area contributed by atoms with Gasteiger partial charge < -0.3 is 25.2 Å². The second kappa shape index (κ2) is 13.6. The third-order valence-corrected chi connectivity index (χ3v) is 10.8. The molecule has 3 aliphatic rings. The number of aliphatic hydroxyl groups is 1. The number of nitrogens with zero attached hydrogens (tertiary/aromatic N) is 5. The molecule has 2 bridgehead atoms. The maximum atomic E-state index is 14.5. The van der Waals surface area contributed by atoms with Crippen molar-refractivity contribution in [3.8, 4) is 11.1 Å². The molecule has 5 heterocycles. The van der Waals surface area contributed by atoms with Crippen molar-refractivity contribution in [2.24, 2.45) is 5.41 Å². The van der Waals surface area contributed by atoms with Crippen LogP contribution in [-0.2, 0) is 33.5 Å². The van der Waals surface area contributed by atoms with Crippen molar-refractivity contribution < 1.29 is 32.7 Å². The number of benzene rings is 1. The lowest BCUT2D eigenvalue weighted by Crippen LogP contribution is -2.46. The molecule has 0 radical (unpaired) electrons. The van der Waals surface area contributed by atoms with Crippen molar-refractivity contribution in [1.82, 2.24) is 29.7 Å². The summed E-state index contributed by atoms with van der Waals surface area (Å²) in [5.41, 5.74) is 2.83. The Morgan fingerprint density at radius 1 is 1.04 bits per heavy atom. The van der Waals surface area contributed by atoms with E-state index in [9.17, 15) is 32.7 Å². The average molecular weight is 718 g/mol. The number of anilines is 1. The molecule has 1 saturated carbocycles. The second-order valence-electron chi connectivity index (χ2n) is 14.6. The molecule has 4 aromatic rings. The number of alkyl halides is 3. The fourth-order valence-electron chi connectivity index (χ4n) is 7.94. The van der Waals surface area contributed by atoms with E-state index in [1.807, 2.05) is 17.6 Å². The van der Waals surface area contributed by atoms with Crippen LogP contribution in [0.2, 0.25) is 0 Å². The van der Waals surface area contributed by atoms with Gasteiger partial charge in [0.15, 0.2) is 0 Å². The SMILES string of the molecule is Cc1ncc(-c2cc3c4c(c2)c(C(C)O)cn4CC(=O)N2[C@H](C(=O)Nc4nc(C(F)(F)F)ccc4C)C[C@@]4(CNC(=O)CCCCCC3)C[C@@H]24)cn1. The molecule has 1 saturated heterocycles. The summed E-state index contributed by atoms with van der Waals surface area (Å²) in [5, 5.41) is 17.3. The number of amides is 3. The standard InChI is InChI=1S/C38H42F3N7O4/c1-21-10-11-30(38(39,40)41)45-35(21)46-36(52)29-14-37-15-31(37)48(29)33(51)19-47-18-28(22(2)49)27-13-25(26-16-42-23(3)43-17-26)12-24(34(27)47)8-6-4-5-7-9-32(50)44-20-37/h10-13,16-18,22,29,31,49H,4-9,14-15,19-20H2,1-3H3,(H,44,50)(H,45,46,52)/t22?,29-,31+,37-/m0/s1. The molecule has 1 unspecified atom stereocenters. The van der Waals surface area contributed by atoms with E-state index in [1.54, 1.807) is 37.3 Å². The Morgan fingerprint density at radius 3 is 2.48 bits per heavy atom. The Bertz CT molecular complexity index is 2040. The fourth-order valence-corrected chi connectivity index (χ4v) is 7.94. The lowest BCUT2D eigenvalue weighted by atomic mass is 9.96. The minimum Gasteiger partial charge on any atom is -0.389 e. The molecule has 0 spiro atoms. The minimum atomic E-state index is -4.70. The number of rotatable bonds is 4. The summed E-state index contributed by atoms with van der Waals surface area (Å²) in [7, 11) is 0. The molecule has 2 aliphatic heterocycles. The molecular formula is C38H42F3N7O4. The molecular weight excluding hydrogens is 675 g/mol. The van der Waals surface area contributed by atoms with Gasteiger partial charge in [0.05, 0.1) is 11.6 Å². The van der Waals surface area contributed by atoms with Crippen LogP contribution >= 0.6 is 0 Å². The van der Waals surface area contributed by atoms with Gasteiger partial charge in [-0.25, -0.2) is 15.0 Å². The number of hydrogen-bond donors (Lipinski definition) is 3. The summed E-state index contributed by atoms with van der Waals surface area (Å²) < 4.78 is 42.4. The number of carbonyl (C=O) groups is 3. The van der Waals surface area contributed by atoms with Gasteiger partial charge >= 0.3 is 6.18 Å². The molecule has 1 aromatic carbocycles. The molecule has 14 heteroatoms. The van der Waals surface area contributed by atoms with Crippen LogP contribution in [0.5, 0.6) is 0 Å². The van der Waals surface area contributed by atoms with E-state index in [-0.39, 0.29) is 36.6 Å². The molecule has 3 aromatic heterocycles. The molecule has 4 atom stereocenters. The summed E-state index contributed by atoms with van der Waals surface area (Å²) in [6, 6.07) is 4.83. The monoisotopic (exact) mass is 717 g/mol. The Balaban J connectivity index is 1.27. The number of nitrogens with one attached hydrogen (secondary N) is 2. The summed E-state index contributed by atoms with van der Waals surface area (Å²) in [6.07, 6.45) is 4.99. The van der Waals surface area contributed by atoms with Gasteiger partial charge in [0.1, 0.15) is 29.9 Å². The lowest BCUT2D eigenvalue weighted by molar-refractivity contribution is -0.141. The van der Waals surface area contributed by atoms with Crippen molar-refractivity contribution >= 4 is 34.4 Å². The summed E-state index contributed by atoms with van der Waals surface area (Å²) >= 11 is 0. The number of pyridine rings is 1. The van der Waals surface area contributed by atoms with Gasteiger partial charge in [0.25, 0.3) is 0 Å². The van der Waals surface area contributed by atoms with Crippen LogP contribution in [0, 0.1) is 19.3 Å². The topological polar surface area (TPSA) is 142 Å². The highest BCUT2D eigenvalue weighted by molar-refractivity contribution is 5.99. The first-order valence-electron chi connectivity index (χ1n) is 17.8. The quantitative estimate of drug-likeness (QED) is 0.242. The van der Waals surface area contributed by atoms with Crippen LogP contribution in [0.3, 0.4) is 0 Å². The Hall–Kier alpha value is -4.85. The predicted octanol–water partition coefficient (Wildman–Crippen LogP) is 5.80. The molecule has 2 fully saturated rings. The third kappa shape index (κ3) is 6.87. The van der Waals surface area contributed by atoms with Crippen LogP contribution in [0.15, 0.2) is 42.9 Å². The Kier molecular flexibility index (Phi) is 9.30. The maximum Gasteiger partial charge on any atom is 0.433 e. The largest absolute Gasteiger partial charge is 0.433 e. The van der Waals surface area contributed by atoms with Crippen LogP contribution in [0.25, 0.3) is 22.0 Å². The van der Waals surface area contributed by atoms with Gasteiger partial charge in [-0.3, -0.25) is 14.4 Å². The molecule has 3 N–H and O–H groups in total. The van der Waals surface area contributed by atoms with E-state index in [1.165, 1.54) is 6.07 Å². The minimum absolute atomic E-state index is 0.0878. The predicted molar refractivity (Wildman–Crippen MR) is 187 cm³/mol. The summed E-state index contributed by atoms with van der Waals surface area (Å²) in [5.74, 6) is -0.641. The maximum absolute atomic E-state index is 14.5. The first-order chi connectivity index (χ1) is 24.7. The van der Waals surface area contributed by atoms with Crippen molar-refractivity contribution in [3.05, 3.63) is 71.1 Å². The second-order valence-corrected chi connectivity index (χ2v) is 14.6. The van der Waals surface area contributed by atoms with Crippen molar-refractivity contribution in [3.63, 3.8) is 0 Å². The first-order valence-corrected chi connectivity index (χ1v) is 17.8. The number of halogens is 3. The molecule has 52 heavy (non-hydrogen) atoms. The van der Waals surface area contributed by atoms with Crippen LogP contribution in [-0.4, -0.2) is 65.9 Å². The summed E-state index contributed by atoms with van der Waals surface area (Å²) in [4.78, 5) is 55.2. The zero-order chi connectivity index (χ0) is 36.9. The Labute approximate surface area is 299 Å². The number of hydrogen-bond acceptors (Lipinski definition) is 7. The average Bonchev–Trinajstić information content (AvgIpc) is 3.50. The van der Waals surface area contributed by atoms with Crippen molar-refractivity contribution in [1.29, 1.82) is 0 Å². The first kappa shape index (κ1) is 35.5. The van der Waals surface area contributed by atoms with E-state index in [0.717, 1.165) is 59.3 Å². The highest BCUT2D eigenvalue weighted by atomic mass is 19.4. The van der Waals surface area contributed by atoms with Gasteiger partial charge in [0, 0.05) is 59.5 Å². The van der Waals surface area contributed by atoms with Gasteiger partial charge in [-0.15, -0.1) is 0 Å². The van der Waals surface area contributed by atoms with Crippen molar-refractivity contribution in [2.75, 3.05) is 11.9 Å². The van der Waals surface area contributed by atoms with E-state index in [0.29, 0.717) is 42.8 Å². The Morgan fingerprint density at radius 2 is 1.77 bits per heavy atom. The third-order valence-electron chi connectivity index (χ3n) is 10.8. The normalized spacial score (nSPS) is 23.2. The van der Waals surface area contributed by atoms with Gasteiger partial charge in [0.2, 0.25) is 17.7 Å². The van der Waals surface area contributed by atoms with Gasteiger partial charge in [-0.2, -0.15) is 13.2 Å². The molecule has 274 valence electrons. The zero-order valence-electron chi connectivity index (χ0n) is 29.4. The van der Waals surface area contributed by atoms with E-state index >= 15 is 0 Å². The highest BCUT2D eigenvalue weighted by Gasteiger charge is 2.67. The fraction of sp³-hybridized carbons (Fsp3) is 0.474. The van der Waals surface area contributed by atoms with E-state index in [2.05, 4.69) is 31.7 Å². The number of aromatic nitrogens is 4. The van der Waals surface area contributed by atoms with Gasteiger partial charge in [-0.1, -0.05) is 18.9 Å². The number of carbonyl (C=O) groups excluding carboxylic acids is 3. The summed E-state index contributed by atoms with van der Waals surface area (Å²) in [6.45, 7) is 5.20. The van der Waals surface area contributed by atoms with Crippen LogP contribution in [0.1, 0.15) is 86.2 Å². The molecule has 7 rings (SSSR count). The van der Waals surface area contributed by atoms with Gasteiger partial charge in [-0.05, 0) is 87.8 Å². The molecule has 3 amide bonds. The zero-order valence-corrected chi connectivity index (χ0v) is 29.4. The molecule has 1 aliphatic carbocycles. The number of aryl methyl sites for hydroxylation is 3. The number of piperidine rings is 1. The molecule has 11 nitrogen and oxygen atoms in total. The van der Waals surface area contributed by atoms with E-state index in [4.69, 9.17) is 0 Å². The smallest absolute Gasteiger partial charge is 0.389 e. The van der Waals surface area contributed by atoms with E-state index < -0.39 is 35.3 Å². The lowest BCUT2D eigenvalue weighted by Gasteiger charge is -2.27. The van der Waals surface area contributed by atoms with Crippen molar-refractivity contribution in [2.45, 2.75) is 103 Å². The van der Waals surface area contributed by atoms with Crippen LogP contribution < -0.4 is 10.6 Å². The highest BCUT2D eigenvalue weighted by Crippen LogP contribution is 2.59. The number of aliphatic hydroxyl groups excluding tert-OH is 1. The van der Waals surface area contributed by atoms with Crippen LogP contribution in [0.4, 0.5) is 19.0 Å².